The number of allylic oxidation sites excluding steroid dienone is 1. The number of hydrogen-bond acceptors (Lipinski definition) is 4. The zero-order valence-corrected chi connectivity index (χ0v) is 35.9. The molecule has 0 aliphatic carbocycles. The first-order valence-electron chi connectivity index (χ1n) is 24.0. The Labute approximate surface area is 331 Å². The molecule has 0 spiro atoms. The summed E-state index contributed by atoms with van der Waals surface area (Å²) in [4.78, 5) is 12.5. The van der Waals surface area contributed by atoms with Gasteiger partial charge in [-0.25, -0.2) is 0 Å². The van der Waals surface area contributed by atoms with Crippen molar-refractivity contribution in [3.8, 4) is 0 Å². The largest absolute Gasteiger partial charge is 0.394 e. The van der Waals surface area contributed by atoms with Crippen LogP contribution < -0.4 is 5.32 Å². The van der Waals surface area contributed by atoms with Gasteiger partial charge in [0.15, 0.2) is 0 Å². The molecule has 0 bridgehead atoms. The Hall–Kier alpha value is -0.910. The summed E-state index contributed by atoms with van der Waals surface area (Å²) in [6.45, 7) is 4.24. The highest BCUT2D eigenvalue weighted by molar-refractivity contribution is 5.76. The Morgan fingerprint density at radius 1 is 0.472 bits per heavy atom. The molecule has 0 aromatic carbocycles. The summed E-state index contributed by atoms with van der Waals surface area (Å²) in [5.74, 6) is -0.310. The number of amides is 1. The van der Waals surface area contributed by atoms with Crippen LogP contribution in [0, 0.1) is 0 Å². The van der Waals surface area contributed by atoms with E-state index >= 15 is 0 Å². The van der Waals surface area contributed by atoms with Crippen molar-refractivity contribution in [2.24, 2.45) is 0 Å². The van der Waals surface area contributed by atoms with Gasteiger partial charge in [0.25, 0.3) is 0 Å². The lowest BCUT2D eigenvalue weighted by atomic mass is 10.0. The molecule has 1 amide bonds. The quantitative estimate of drug-likeness (QED) is 0.0369. The van der Waals surface area contributed by atoms with Gasteiger partial charge in [-0.05, 0) is 19.3 Å². The number of carbonyl (C=O) groups excluding carboxylic acids is 1. The van der Waals surface area contributed by atoms with E-state index in [0.717, 1.165) is 25.7 Å². The van der Waals surface area contributed by atoms with Crippen LogP contribution in [-0.4, -0.2) is 46.1 Å². The Bertz CT molecular complexity index is 743. The summed E-state index contributed by atoms with van der Waals surface area (Å²) in [7, 11) is 0. The average Bonchev–Trinajstić information content (AvgIpc) is 3.15. The molecule has 0 aliphatic rings. The van der Waals surface area contributed by atoms with Crippen molar-refractivity contribution >= 4 is 5.91 Å². The maximum atomic E-state index is 12.5. The predicted molar refractivity (Wildman–Crippen MR) is 232 cm³/mol. The molecule has 0 saturated carbocycles. The van der Waals surface area contributed by atoms with E-state index in [1.165, 1.54) is 212 Å². The van der Waals surface area contributed by atoms with E-state index in [0.29, 0.717) is 6.42 Å². The summed E-state index contributed by atoms with van der Waals surface area (Å²) < 4.78 is 0. The van der Waals surface area contributed by atoms with E-state index < -0.39 is 18.2 Å². The standard InChI is InChI=1S/C48H95NO4/c1-3-5-7-9-11-13-15-17-19-21-23-24-26-28-30-32-34-36-38-40-42-47(52)46(44-50)49-48(53)43-45(51)41-39-37-35-33-31-29-27-25-22-20-18-16-14-12-10-8-6-4-2/h40,42,45-47,50-52H,3-39,41,43-44H2,1-2H3,(H,49,53)/b42-40+. The first-order valence-corrected chi connectivity index (χ1v) is 24.0. The molecular weight excluding hydrogens is 655 g/mol. The van der Waals surface area contributed by atoms with Crippen LogP contribution in [0.15, 0.2) is 12.2 Å². The third-order valence-corrected chi connectivity index (χ3v) is 11.3. The fourth-order valence-electron chi connectivity index (χ4n) is 7.64. The van der Waals surface area contributed by atoms with E-state index in [-0.39, 0.29) is 18.9 Å². The van der Waals surface area contributed by atoms with Crippen LogP contribution in [0.5, 0.6) is 0 Å². The molecule has 53 heavy (non-hydrogen) atoms. The zero-order chi connectivity index (χ0) is 38.7. The van der Waals surface area contributed by atoms with Crippen LogP contribution in [0.25, 0.3) is 0 Å². The highest BCUT2D eigenvalue weighted by Crippen LogP contribution is 2.17. The number of aliphatic hydroxyl groups excluding tert-OH is 3. The van der Waals surface area contributed by atoms with E-state index in [1.807, 2.05) is 6.08 Å². The number of aliphatic hydroxyl groups is 3. The van der Waals surface area contributed by atoms with Crippen LogP contribution in [-0.2, 0) is 4.79 Å². The molecule has 0 saturated heterocycles. The van der Waals surface area contributed by atoms with E-state index in [1.54, 1.807) is 6.08 Å². The minimum absolute atomic E-state index is 0.0190. The Kier molecular flexibility index (Phi) is 43.1. The van der Waals surface area contributed by atoms with Gasteiger partial charge in [0.2, 0.25) is 5.91 Å². The van der Waals surface area contributed by atoms with Crippen molar-refractivity contribution < 1.29 is 20.1 Å². The van der Waals surface area contributed by atoms with Crippen LogP contribution in [0.3, 0.4) is 0 Å². The minimum atomic E-state index is -0.924. The zero-order valence-electron chi connectivity index (χ0n) is 35.9. The fraction of sp³-hybridized carbons (Fsp3) is 0.938. The van der Waals surface area contributed by atoms with E-state index in [9.17, 15) is 20.1 Å². The second-order valence-electron chi connectivity index (χ2n) is 16.7. The molecule has 0 heterocycles. The lowest BCUT2D eigenvalue weighted by Gasteiger charge is -2.21. The topological polar surface area (TPSA) is 89.8 Å². The molecule has 0 rings (SSSR count). The first-order chi connectivity index (χ1) is 26.0. The highest BCUT2D eigenvalue weighted by atomic mass is 16.3. The van der Waals surface area contributed by atoms with E-state index in [4.69, 9.17) is 0 Å². The smallest absolute Gasteiger partial charge is 0.222 e. The van der Waals surface area contributed by atoms with Crippen molar-refractivity contribution in [3.05, 3.63) is 12.2 Å². The SMILES string of the molecule is CCCCCCCCCCCCCCCCCCCC/C=C/C(O)C(CO)NC(=O)CC(O)CCCCCCCCCCCCCCCCCCCC. The van der Waals surface area contributed by atoms with Gasteiger partial charge in [-0.3, -0.25) is 4.79 Å². The van der Waals surface area contributed by atoms with Gasteiger partial charge in [0.05, 0.1) is 31.3 Å². The summed E-state index contributed by atoms with van der Waals surface area (Å²) >= 11 is 0. The van der Waals surface area contributed by atoms with Gasteiger partial charge in [-0.1, -0.05) is 251 Å². The van der Waals surface area contributed by atoms with Gasteiger partial charge in [0, 0.05) is 0 Å². The molecule has 3 unspecified atom stereocenters. The molecule has 0 aromatic heterocycles. The van der Waals surface area contributed by atoms with Gasteiger partial charge < -0.3 is 20.6 Å². The van der Waals surface area contributed by atoms with Crippen molar-refractivity contribution in [1.29, 1.82) is 0 Å². The molecule has 5 nitrogen and oxygen atoms in total. The Balaban J connectivity index is 3.60. The predicted octanol–water partition coefficient (Wildman–Crippen LogP) is 14.0. The molecule has 5 heteroatoms. The summed E-state index contributed by atoms with van der Waals surface area (Å²) in [5.41, 5.74) is 0. The number of unbranched alkanes of at least 4 members (excludes halogenated alkanes) is 35. The summed E-state index contributed by atoms with van der Waals surface area (Å²) in [6.07, 6.45) is 52.2. The van der Waals surface area contributed by atoms with Crippen molar-refractivity contribution in [2.75, 3.05) is 6.61 Å². The molecule has 0 aliphatic heterocycles. The maximum absolute atomic E-state index is 12.5. The third-order valence-electron chi connectivity index (χ3n) is 11.3. The molecule has 0 radical (unpaired) electrons. The van der Waals surface area contributed by atoms with Crippen LogP contribution in [0.4, 0.5) is 0 Å². The van der Waals surface area contributed by atoms with Crippen LogP contribution in [0.1, 0.15) is 264 Å². The van der Waals surface area contributed by atoms with Crippen LogP contribution >= 0.6 is 0 Å². The number of nitrogens with one attached hydrogen (secondary N) is 1. The molecule has 3 atom stereocenters. The van der Waals surface area contributed by atoms with Crippen LogP contribution in [0.2, 0.25) is 0 Å². The van der Waals surface area contributed by atoms with Crippen molar-refractivity contribution in [3.63, 3.8) is 0 Å². The number of carbonyl (C=O) groups is 1. The molecule has 316 valence electrons. The Morgan fingerprint density at radius 3 is 1.09 bits per heavy atom. The fourth-order valence-corrected chi connectivity index (χ4v) is 7.64. The second kappa shape index (κ2) is 43.8. The van der Waals surface area contributed by atoms with Gasteiger partial charge in [-0.15, -0.1) is 0 Å². The Morgan fingerprint density at radius 2 is 0.774 bits per heavy atom. The lowest BCUT2D eigenvalue weighted by molar-refractivity contribution is -0.124. The monoisotopic (exact) mass is 750 g/mol. The maximum Gasteiger partial charge on any atom is 0.222 e. The molecule has 0 fully saturated rings. The second-order valence-corrected chi connectivity index (χ2v) is 16.7. The first kappa shape index (κ1) is 52.1. The number of hydrogen-bond donors (Lipinski definition) is 4. The van der Waals surface area contributed by atoms with Gasteiger partial charge >= 0.3 is 0 Å². The third kappa shape index (κ3) is 40.6. The molecular formula is C48H95NO4. The van der Waals surface area contributed by atoms with Gasteiger partial charge in [-0.2, -0.15) is 0 Å². The van der Waals surface area contributed by atoms with Crippen molar-refractivity contribution in [1.82, 2.24) is 5.32 Å². The highest BCUT2D eigenvalue weighted by Gasteiger charge is 2.20. The minimum Gasteiger partial charge on any atom is -0.394 e. The molecule has 0 aromatic rings. The van der Waals surface area contributed by atoms with Crippen molar-refractivity contribution in [2.45, 2.75) is 283 Å². The summed E-state index contributed by atoms with van der Waals surface area (Å²) in [6, 6.07) is -0.739. The number of rotatable bonds is 44. The van der Waals surface area contributed by atoms with Gasteiger partial charge in [0.1, 0.15) is 0 Å². The summed E-state index contributed by atoms with van der Waals surface area (Å²) in [5, 5.41) is 33.3. The molecule has 4 N–H and O–H groups in total. The lowest BCUT2D eigenvalue weighted by Crippen LogP contribution is -2.45. The normalized spacial score (nSPS) is 13.5. The van der Waals surface area contributed by atoms with E-state index in [2.05, 4.69) is 19.2 Å². The average molecular weight is 750 g/mol.